The van der Waals surface area contributed by atoms with E-state index in [0.29, 0.717) is 29.4 Å². The average molecular weight is 307 g/mol. The number of unbranched alkanes of at least 4 members (excludes halogenated alkanes) is 1. The first kappa shape index (κ1) is 15.5. The number of carbonyl (C=O) groups excluding carboxylic acids is 1. The smallest absolute Gasteiger partial charge is 0.254 e. The van der Waals surface area contributed by atoms with Crippen LogP contribution in [0.5, 0.6) is 0 Å². The van der Waals surface area contributed by atoms with Gasteiger partial charge in [0.2, 0.25) is 0 Å². The van der Waals surface area contributed by atoms with Crippen LogP contribution in [0.2, 0.25) is 5.02 Å². The molecule has 5 nitrogen and oxygen atoms in total. The SMILES string of the molecule is Cc1nn(-c2ccc(Cl)cc2)cc1C(=O)NCCCCN. The molecule has 1 aromatic heterocycles. The minimum Gasteiger partial charge on any atom is -0.352 e. The molecule has 0 radical (unpaired) electrons. The number of aromatic nitrogens is 2. The molecule has 0 aliphatic heterocycles. The van der Waals surface area contributed by atoms with Gasteiger partial charge in [-0.15, -0.1) is 0 Å². The Labute approximate surface area is 129 Å². The number of hydrogen-bond donors (Lipinski definition) is 2. The van der Waals surface area contributed by atoms with E-state index in [-0.39, 0.29) is 5.91 Å². The lowest BCUT2D eigenvalue weighted by molar-refractivity contribution is 0.0952. The monoisotopic (exact) mass is 306 g/mol. The zero-order chi connectivity index (χ0) is 15.2. The van der Waals surface area contributed by atoms with Gasteiger partial charge in [-0.2, -0.15) is 5.10 Å². The maximum absolute atomic E-state index is 12.1. The van der Waals surface area contributed by atoms with Crippen LogP contribution in [-0.4, -0.2) is 28.8 Å². The fraction of sp³-hybridized carbons (Fsp3) is 0.333. The predicted octanol–water partition coefficient (Wildman–Crippen LogP) is 2.30. The van der Waals surface area contributed by atoms with Crippen molar-refractivity contribution in [1.82, 2.24) is 15.1 Å². The molecule has 0 atom stereocenters. The normalized spacial score (nSPS) is 10.6. The average Bonchev–Trinajstić information content (AvgIpc) is 2.86. The van der Waals surface area contributed by atoms with Crippen LogP contribution in [0.25, 0.3) is 5.69 Å². The number of carbonyl (C=O) groups is 1. The largest absolute Gasteiger partial charge is 0.352 e. The van der Waals surface area contributed by atoms with Gasteiger partial charge >= 0.3 is 0 Å². The Morgan fingerprint density at radius 2 is 2.05 bits per heavy atom. The molecule has 0 spiro atoms. The molecular weight excluding hydrogens is 288 g/mol. The van der Waals surface area contributed by atoms with E-state index in [2.05, 4.69) is 10.4 Å². The number of nitrogens with zero attached hydrogens (tertiary/aromatic N) is 2. The molecule has 0 fully saturated rings. The topological polar surface area (TPSA) is 72.9 Å². The number of aryl methyl sites for hydroxylation is 1. The molecule has 0 unspecified atom stereocenters. The Morgan fingerprint density at radius 1 is 1.33 bits per heavy atom. The molecule has 112 valence electrons. The number of hydrogen-bond acceptors (Lipinski definition) is 3. The van der Waals surface area contributed by atoms with Crippen LogP contribution in [-0.2, 0) is 0 Å². The van der Waals surface area contributed by atoms with E-state index in [4.69, 9.17) is 17.3 Å². The minimum atomic E-state index is -0.107. The summed E-state index contributed by atoms with van der Waals surface area (Å²) in [4.78, 5) is 12.1. The molecule has 1 heterocycles. The molecule has 1 aromatic carbocycles. The van der Waals surface area contributed by atoms with Crippen LogP contribution < -0.4 is 11.1 Å². The number of rotatable bonds is 6. The maximum Gasteiger partial charge on any atom is 0.254 e. The molecule has 3 N–H and O–H groups in total. The van der Waals surface area contributed by atoms with Crippen molar-refractivity contribution in [3.05, 3.63) is 46.7 Å². The highest BCUT2D eigenvalue weighted by Gasteiger charge is 2.13. The number of nitrogens with one attached hydrogen (secondary N) is 1. The maximum atomic E-state index is 12.1. The van der Waals surface area contributed by atoms with Crippen LogP contribution in [0.3, 0.4) is 0 Å². The van der Waals surface area contributed by atoms with Crippen LogP contribution >= 0.6 is 11.6 Å². The standard InChI is InChI=1S/C15H19ClN4O/c1-11-14(15(21)18-9-3-2-8-17)10-20(19-11)13-6-4-12(16)5-7-13/h4-7,10H,2-3,8-9,17H2,1H3,(H,18,21). The van der Waals surface area contributed by atoms with E-state index in [9.17, 15) is 4.79 Å². The summed E-state index contributed by atoms with van der Waals surface area (Å²) < 4.78 is 1.68. The molecule has 0 aliphatic carbocycles. The van der Waals surface area contributed by atoms with Crippen molar-refractivity contribution < 1.29 is 4.79 Å². The van der Waals surface area contributed by atoms with Crippen molar-refractivity contribution >= 4 is 17.5 Å². The van der Waals surface area contributed by atoms with Crippen molar-refractivity contribution in [1.29, 1.82) is 0 Å². The lowest BCUT2D eigenvalue weighted by Crippen LogP contribution is -2.25. The lowest BCUT2D eigenvalue weighted by Gasteiger charge is -2.03. The first-order valence-electron chi connectivity index (χ1n) is 6.92. The van der Waals surface area contributed by atoms with Crippen LogP contribution in [0.15, 0.2) is 30.5 Å². The van der Waals surface area contributed by atoms with E-state index in [0.717, 1.165) is 18.5 Å². The second-order valence-electron chi connectivity index (χ2n) is 4.80. The molecule has 0 aliphatic rings. The Kier molecular flexibility index (Phi) is 5.36. The van der Waals surface area contributed by atoms with E-state index < -0.39 is 0 Å². The molecule has 0 bridgehead atoms. The molecule has 2 rings (SSSR count). The van der Waals surface area contributed by atoms with Gasteiger partial charge in [-0.25, -0.2) is 4.68 Å². The Hall–Kier alpha value is -1.85. The second-order valence-corrected chi connectivity index (χ2v) is 5.24. The molecule has 2 aromatic rings. The predicted molar refractivity (Wildman–Crippen MR) is 83.9 cm³/mol. The summed E-state index contributed by atoms with van der Waals surface area (Å²) in [6.07, 6.45) is 3.52. The van der Waals surface area contributed by atoms with E-state index >= 15 is 0 Å². The van der Waals surface area contributed by atoms with Gasteiger partial charge in [0.15, 0.2) is 0 Å². The van der Waals surface area contributed by atoms with Gasteiger partial charge in [0.1, 0.15) is 0 Å². The molecule has 0 saturated heterocycles. The Bertz CT molecular complexity index is 607. The zero-order valence-corrected chi connectivity index (χ0v) is 12.7. The third kappa shape index (κ3) is 4.06. The molecule has 0 saturated carbocycles. The molecule has 6 heteroatoms. The summed E-state index contributed by atoms with van der Waals surface area (Å²) in [6.45, 7) is 3.09. The molecule has 21 heavy (non-hydrogen) atoms. The highest BCUT2D eigenvalue weighted by atomic mass is 35.5. The summed E-state index contributed by atoms with van der Waals surface area (Å²) in [5, 5.41) is 7.92. The van der Waals surface area contributed by atoms with Crippen molar-refractivity contribution in [2.75, 3.05) is 13.1 Å². The van der Waals surface area contributed by atoms with Gasteiger partial charge in [-0.3, -0.25) is 4.79 Å². The van der Waals surface area contributed by atoms with Gasteiger partial charge < -0.3 is 11.1 Å². The van der Waals surface area contributed by atoms with Crippen LogP contribution in [0, 0.1) is 6.92 Å². The third-order valence-corrected chi connectivity index (χ3v) is 3.40. The van der Waals surface area contributed by atoms with Gasteiger partial charge in [0.25, 0.3) is 5.91 Å². The van der Waals surface area contributed by atoms with Crippen molar-refractivity contribution in [3.8, 4) is 5.69 Å². The summed E-state index contributed by atoms with van der Waals surface area (Å²) in [7, 11) is 0. The minimum absolute atomic E-state index is 0.107. The third-order valence-electron chi connectivity index (χ3n) is 3.15. The van der Waals surface area contributed by atoms with Crippen LogP contribution in [0.1, 0.15) is 28.9 Å². The van der Waals surface area contributed by atoms with E-state index in [1.807, 2.05) is 19.1 Å². The first-order valence-corrected chi connectivity index (χ1v) is 7.30. The van der Waals surface area contributed by atoms with Crippen molar-refractivity contribution in [2.24, 2.45) is 5.73 Å². The summed E-state index contributed by atoms with van der Waals surface area (Å²) in [5.74, 6) is -0.107. The van der Waals surface area contributed by atoms with Crippen LogP contribution in [0.4, 0.5) is 0 Å². The Balaban J connectivity index is 2.08. The van der Waals surface area contributed by atoms with Gasteiger partial charge in [0, 0.05) is 17.8 Å². The van der Waals surface area contributed by atoms with Gasteiger partial charge in [0.05, 0.1) is 16.9 Å². The van der Waals surface area contributed by atoms with Crippen molar-refractivity contribution in [3.63, 3.8) is 0 Å². The Morgan fingerprint density at radius 3 is 2.71 bits per heavy atom. The number of halogens is 1. The number of nitrogens with two attached hydrogens (primary N) is 1. The summed E-state index contributed by atoms with van der Waals surface area (Å²) in [6, 6.07) is 7.30. The highest BCUT2D eigenvalue weighted by molar-refractivity contribution is 6.30. The number of amides is 1. The number of benzene rings is 1. The fourth-order valence-electron chi connectivity index (χ4n) is 1.98. The fourth-order valence-corrected chi connectivity index (χ4v) is 2.10. The van der Waals surface area contributed by atoms with E-state index in [1.54, 1.807) is 23.0 Å². The molecule has 1 amide bonds. The van der Waals surface area contributed by atoms with Crippen molar-refractivity contribution in [2.45, 2.75) is 19.8 Å². The second kappa shape index (κ2) is 7.24. The van der Waals surface area contributed by atoms with Gasteiger partial charge in [-0.05, 0) is 50.6 Å². The lowest BCUT2D eigenvalue weighted by atomic mass is 10.2. The highest BCUT2D eigenvalue weighted by Crippen LogP contribution is 2.15. The quantitative estimate of drug-likeness (QED) is 0.804. The van der Waals surface area contributed by atoms with E-state index in [1.165, 1.54) is 0 Å². The van der Waals surface area contributed by atoms with Gasteiger partial charge in [-0.1, -0.05) is 11.6 Å². The first-order chi connectivity index (χ1) is 10.1. The zero-order valence-electron chi connectivity index (χ0n) is 12.0. The summed E-state index contributed by atoms with van der Waals surface area (Å²) >= 11 is 5.87. The molecular formula is C15H19ClN4O. The summed E-state index contributed by atoms with van der Waals surface area (Å²) in [5.41, 5.74) is 7.57.